The zero-order valence-electron chi connectivity index (χ0n) is 9.91. The summed E-state index contributed by atoms with van der Waals surface area (Å²) in [6.07, 6.45) is 2.32. The monoisotopic (exact) mass is 387 g/mol. The molecule has 3 N–H and O–H groups in total. The molecule has 0 saturated carbocycles. The molecule has 0 aliphatic rings. The van der Waals surface area contributed by atoms with Crippen molar-refractivity contribution >= 4 is 31.9 Å². The molecule has 0 saturated heterocycles. The summed E-state index contributed by atoms with van der Waals surface area (Å²) in [6, 6.07) is 8.60. The van der Waals surface area contributed by atoms with E-state index in [1.54, 1.807) is 12.3 Å². The lowest BCUT2D eigenvalue weighted by molar-refractivity contribution is 0.538. The van der Waals surface area contributed by atoms with Crippen LogP contribution in [0.5, 0.6) is 0 Å². The number of nitrogens with one attached hydrogen (secondary N) is 1. The quantitative estimate of drug-likeness (QED) is 0.622. The van der Waals surface area contributed by atoms with Crippen molar-refractivity contribution in [3.63, 3.8) is 0 Å². The number of aromatic nitrogens is 1. The van der Waals surface area contributed by atoms with Gasteiger partial charge in [0.2, 0.25) is 0 Å². The molecule has 0 aliphatic carbocycles. The highest BCUT2D eigenvalue weighted by Gasteiger charge is 2.13. The van der Waals surface area contributed by atoms with E-state index in [0.29, 0.717) is 10.9 Å². The summed E-state index contributed by atoms with van der Waals surface area (Å²) in [4.78, 5) is 4.29. The summed E-state index contributed by atoms with van der Waals surface area (Å²) in [5.41, 5.74) is 4.36. The highest BCUT2D eigenvalue weighted by molar-refractivity contribution is 9.10. The lowest BCUT2D eigenvalue weighted by Crippen LogP contribution is -2.29. The molecule has 0 amide bonds. The molecule has 19 heavy (non-hydrogen) atoms. The molecule has 0 radical (unpaired) electrons. The average molecular weight is 389 g/mol. The highest BCUT2D eigenvalue weighted by atomic mass is 79.9. The number of nitrogens with zero attached hydrogens (tertiary/aromatic N) is 1. The number of nitrogens with two attached hydrogens (primary N) is 1. The van der Waals surface area contributed by atoms with Crippen molar-refractivity contribution in [2.75, 3.05) is 0 Å². The van der Waals surface area contributed by atoms with Gasteiger partial charge in [-0.15, -0.1) is 0 Å². The van der Waals surface area contributed by atoms with Gasteiger partial charge in [0, 0.05) is 22.8 Å². The van der Waals surface area contributed by atoms with Crippen LogP contribution < -0.4 is 11.3 Å². The van der Waals surface area contributed by atoms with E-state index in [9.17, 15) is 4.39 Å². The van der Waals surface area contributed by atoms with Crippen LogP contribution in [0.4, 0.5) is 4.39 Å². The summed E-state index contributed by atoms with van der Waals surface area (Å²) in [5.74, 6) is 5.25. The van der Waals surface area contributed by atoms with Gasteiger partial charge in [0.05, 0.1) is 10.5 Å². The van der Waals surface area contributed by atoms with E-state index >= 15 is 0 Å². The molecular formula is C13H12Br2FN3. The number of halogens is 3. The first-order chi connectivity index (χ1) is 9.10. The van der Waals surface area contributed by atoms with E-state index < -0.39 is 0 Å². The predicted molar refractivity (Wildman–Crippen MR) is 79.8 cm³/mol. The second-order valence-corrected chi connectivity index (χ2v) is 5.83. The Morgan fingerprint density at radius 1 is 1.26 bits per heavy atom. The molecule has 2 rings (SSSR count). The van der Waals surface area contributed by atoms with Crippen LogP contribution in [0.15, 0.2) is 45.5 Å². The van der Waals surface area contributed by atoms with E-state index in [4.69, 9.17) is 5.84 Å². The van der Waals surface area contributed by atoms with E-state index in [0.717, 1.165) is 15.7 Å². The van der Waals surface area contributed by atoms with Crippen LogP contribution in [0.25, 0.3) is 0 Å². The van der Waals surface area contributed by atoms with Crippen LogP contribution in [0, 0.1) is 5.82 Å². The van der Waals surface area contributed by atoms with Gasteiger partial charge in [-0.25, -0.2) is 4.39 Å². The summed E-state index contributed by atoms with van der Waals surface area (Å²) in [5, 5.41) is 0. The van der Waals surface area contributed by atoms with Gasteiger partial charge in [-0.05, 0) is 61.7 Å². The van der Waals surface area contributed by atoms with Gasteiger partial charge < -0.3 is 0 Å². The SMILES string of the molecule is NNC(Cc1ccc(Br)cn1)c1ccc(Br)c(F)c1. The van der Waals surface area contributed by atoms with Crippen molar-refractivity contribution in [2.45, 2.75) is 12.5 Å². The minimum absolute atomic E-state index is 0.184. The van der Waals surface area contributed by atoms with Crippen molar-refractivity contribution in [2.24, 2.45) is 5.84 Å². The van der Waals surface area contributed by atoms with Crippen molar-refractivity contribution in [1.82, 2.24) is 10.4 Å². The van der Waals surface area contributed by atoms with E-state index in [1.807, 2.05) is 18.2 Å². The molecule has 1 heterocycles. The Bertz CT molecular complexity index is 560. The van der Waals surface area contributed by atoms with Gasteiger partial charge in [0.1, 0.15) is 5.82 Å². The summed E-state index contributed by atoms with van der Waals surface area (Å²) >= 11 is 6.46. The molecule has 1 atom stereocenters. The van der Waals surface area contributed by atoms with Crippen LogP contribution in [0.2, 0.25) is 0 Å². The first-order valence-corrected chi connectivity index (χ1v) is 7.20. The Labute approximate surface area is 127 Å². The maximum Gasteiger partial charge on any atom is 0.137 e. The maximum absolute atomic E-state index is 13.5. The Morgan fingerprint density at radius 2 is 2.05 bits per heavy atom. The van der Waals surface area contributed by atoms with Gasteiger partial charge >= 0.3 is 0 Å². The highest BCUT2D eigenvalue weighted by Crippen LogP contribution is 2.22. The van der Waals surface area contributed by atoms with Crippen molar-refractivity contribution in [1.29, 1.82) is 0 Å². The average Bonchev–Trinajstić information content (AvgIpc) is 2.41. The van der Waals surface area contributed by atoms with Crippen LogP contribution in [-0.4, -0.2) is 4.98 Å². The van der Waals surface area contributed by atoms with Crippen molar-refractivity contribution in [3.05, 3.63) is 62.5 Å². The molecule has 3 nitrogen and oxygen atoms in total. The molecular weight excluding hydrogens is 377 g/mol. The number of pyridine rings is 1. The molecule has 1 aromatic heterocycles. The third kappa shape index (κ3) is 3.82. The summed E-state index contributed by atoms with van der Waals surface area (Å²) in [7, 11) is 0. The van der Waals surface area contributed by atoms with Crippen LogP contribution in [0.3, 0.4) is 0 Å². The number of rotatable bonds is 4. The third-order valence-electron chi connectivity index (χ3n) is 2.75. The fourth-order valence-electron chi connectivity index (χ4n) is 1.74. The molecule has 6 heteroatoms. The van der Waals surface area contributed by atoms with Crippen molar-refractivity contribution in [3.8, 4) is 0 Å². The normalized spacial score (nSPS) is 12.4. The Kier molecular flexibility index (Phi) is 5.04. The standard InChI is InChI=1S/C13H12Br2FN3/c14-9-2-3-10(18-7-9)6-13(19-17)8-1-4-11(15)12(16)5-8/h1-5,7,13,19H,6,17H2. The third-order valence-corrected chi connectivity index (χ3v) is 3.86. The van der Waals surface area contributed by atoms with Gasteiger partial charge in [0.15, 0.2) is 0 Å². The number of hydrogen-bond donors (Lipinski definition) is 2. The van der Waals surface area contributed by atoms with Crippen LogP contribution in [0.1, 0.15) is 17.3 Å². The van der Waals surface area contributed by atoms with E-state index in [2.05, 4.69) is 42.3 Å². The second-order valence-electron chi connectivity index (χ2n) is 4.06. The Morgan fingerprint density at radius 3 is 2.63 bits per heavy atom. The number of hydrogen-bond acceptors (Lipinski definition) is 3. The van der Waals surface area contributed by atoms with Crippen LogP contribution >= 0.6 is 31.9 Å². The first-order valence-electron chi connectivity index (χ1n) is 5.61. The zero-order chi connectivity index (χ0) is 13.8. The molecule has 0 spiro atoms. The topological polar surface area (TPSA) is 50.9 Å². The molecule has 0 fully saturated rings. The minimum Gasteiger partial charge on any atom is -0.271 e. The number of benzene rings is 1. The molecule has 100 valence electrons. The van der Waals surface area contributed by atoms with Crippen molar-refractivity contribution < 1.29 is 4.39 Å². The van der Waals surface area contributed by atoms with Gasteiger partial charge in [-0.1, -0.05) is 6.07 Å². The summed E-state index contributed by atoms with van der Waals surface area (Å²) in [6.45, 7) is 0. The van der Waals surface area contributed by atoms with E-state index in [-0.39, 0.29) is 11.9 Å². The molecule has 2 aromatic rings. The predicted octanol–water partition coefficient (Wildman–Crippen LogP) is 3.49. The minimum atomic E-state index is -0.304. The van der Waals surface area contributed by atoms with Gasteiger partial charge in [-0.2, -0.15) is 0 Å². The molecule has 1 unspecified atom stereocenters. The van der Waals surface area contributed by atoms with Crippen LogP contribution in [-0.2, 0) is 6.42 Å². The first kappa shape index (κ1) is 14.6. The van der Waals surface area contributed by atoms with Gasteiger partial charge in [-0.3, -0.25) is 16.3 Å². The molecule has 1 aromatic carbocycles. The Hall–Kier alpha value is -0.820. The zero-order valence-corrected chi connectivity index (χ0v) is 13.1. The summed E-state index contributed by atoms with van der Waals surface area (Å²) < 4.78 is 14.9. The largest absolute Gasteiger partial charge is 0.271 e. The fourth-order valence-corrected chi connectivity index (χ4v) is 2.22. The van der Waals surface area contributed by atoms with E-state index in [1.165, 1.54) is 6.07 Å². The second kappa shape index (κ2) is 6.56. The lowest BCUT2D eigenvalue weighted by atomic mass is 10.0. The fraction of sp³-hybridized carbons (Fsp3) is 0.154. The van der Waals surface area contributed by atoms with Gasteiger partial charge in [0.25, 0.3) is 0 Å². The lowest BCUT2D eigenvalue weighted by Gasteiger charge is -2.16. The molecule has 0 aliphatic heterocycles. The smallest absolute Gasteiger partial charge is 0.137 e. The molecule has 0 bridgehead atoms. The number of hydrazine groups is 1. The maximum atomic E-state index is 13.5. The Balaban J connectivity index is 2.19.